The number of aryl methyl sites for hydroxylation is 1. The topological polar surface area (TPSA) is 55.5 Å². The predicted octanol–water partition coefficient (Wildman–Crippen LogP) is 5.25. The number of hydrogen-bond donors (Lipinski definition) is 1. The molecule has 2 aromatic carbocycles. The Kier molecular flexibility index (Phi) is 5.84. The molecule has 0 fully saturated rings. The number of halogens is 3. The van der Waals surface area contributed by atoms with Crippen LogP contribution in [0.15, 0.2) is 59.0 Å². The van der Waals surface area contributed by atoms with Crippen molar-refractivity contribution >= 4 is 6.08 Å². The Hall–Kier alpha value is -3.06. The SMILES string of the molecule is Cc1oc(-c2ccccc2)nc1COc1ccc(C=CCO)cc1C(F)(F)F. The maximum atomic E-state index is 13.4. The van der Waals surface area contributed by atoms with E-state index in [0.717, 1.165) is 11.6 Å². The minimum Gasteiger partial charge on any atom is -0.487 e. The van der Waals surface area contributed by atoms with Crippen molar-refractivity contribution in [3.05, 3.63) is 77.2 Å². The van der Waals surface area contributed by atoms with E-state index in [0.29, 0.717) is 22.9 Å². The van der Waals surface area contributed by atoms with E-state index in [9.17, 15) is 13.2 Å². The standard InChI is InChI=1S/C21H18F3NO3/c1-14-18(25-20(28-14)16-7-3-2-4-8-16)13-27-19-10-9-15(6-5-11-26)12-17(19)21(22,23)24/h2-10,12,26H,11,13H2,1H3. The van der Waals surface area contributed by atoms with Gasteiger partial charge in [0.05, 0.1) is 12.2 Å². The number of hydrogen-bond acceptors (Lipinski definition) is 4. The summed E-state index contributed by atoms with van der Waals surface area (Å²) in [7, 11) is 0. The first-order valence-corrected chi connectivity index (χ1v) is 8.51. The van der Waals surface area contributed by atoms with Crippen molar-refractivity contribution in [3.8, 4) is 17.2 Å². The van der Waals surface area contributed by atoms with Crippen molar-refractivity contribution in [1.82, 2.24) is 4.98 Å². The summed E-state index contributed by atoms with van der Waals surface area (Å²) in [5, 5.41) is 8.78. The molecule has 1 heterocycles. The lowest BCUT2D eigenvalue weighted by Gasteiger charge is -2.14. The van der Waals surface area contributed by atoms with Crippen LogP contribution in [0.25, 0.3) is 17.5 Å². The molecule has 0 unspecified atom stereocenters. The molecule has 0 saturated heterocycles. The molecule has 0 aliphatic rings. The second-order valence-electron chi connectivity index (χ2n) is 6.01. The largest absolute Gasteiger partial charge is 0.487 e. The maximum absolute atomic E-state index is 13.4. The minimum absolute atomic E-state index is 0.156. The number of oxazole rings is 1. The molecule has 1 N–H and O–H groups in total. The van der Waals surface area contributed by atoms with Crippen LogP contribution in [-0.4, -0.2) is 16.7 Å². The van der Waals surface area contributed by atoms with Crippen molar-refractivity contribution in [1.29, 1.82) is 0 Å². The van der Waals surface area contributed by atoms with Gasteiger partial charge in [0.25, 0.3) is 0 Å². The summed E-state index contributed by atoms with van der Waals surface area (Å²) in [5.41, 5.74) is 0.624. The quantitative estimate of drug-likeness (QED) is 0.625. The molecule has 0 aliphatic carbocycles. The van der Waals surface area contributed by atoms with Gasteiger partial charge in [-0.2, -0.15) is 13.2 Å². The zero-order valence-electron chi connectivity index (χ0n) is 15.0. The van der Waals surface area contributed by atoms with Crippen molar-refractivity contribution in [2.45, 2.75) is 19.7 Å². The number of nitrogens with zero attached hydrogens (tertiary/aromatic N) is 1. The van der Waals surface area contributed by atoms with E-state index in [1.165, 1.54) is 24.3 Å². The van der Waals surface area contributed by atoms with E-state index >= 15 is 0 Å². The normalized spacial score (nSPS) is 11.9. The number of aromatic nitrogens is 1. The van der Waals surface area contributed by atoms with Crippen molar-refractivity contribution in [2.24, 2.45) is 0 Å². The van der Waals surface area contributed by atoms with Crippen LogP contribution in [0.5, 0.6) is 5.75 Å². The highest BCUT2D eigenvalue weighted by atomic mass is 19.4. The fourth-order valence-corrected chi connectivity index (χ4v) is 2.60. The second-order valence-corrected chi connectivity index (χ2v) is 6.01. The van der Waals surface area contributed by atoms with Gasteiger partial charge in [-0.3, -0.25) is 0 Å². The molecular formula is C21H18F3NO3. The Morgan fingerprint density at radius 1 is 1.14 bits per heavy atom. The van der Waals surface area contributed by atoms with E-state index in [4.69, 9.17) is 14.3 Å². The van der Waals surface area contributed by atoms with E-state index in [2.05, 4.69) is 4.98 Å². The molecule has 3 rings (SSSR count). The highest BCUT2D eigenvalue weighted by Crippen LogP contribution is 2.37. The van der Waals surface area contributed by atoms with Crippen LogP contribution in [0.3, 0.4) is 0 Å². The van der Waals surface area contributed by atoms with Gasteiger partial charge in [0.15, 0.2) is 0 Å². The lowest BCUT2D eigenvalue weighted by Crippen LogP contribution is -2.09. The zero-order chi connectivity index (χ0) is 20.1. The van der Waals surface area contributed by atoms with Crippen molar-refractivity contribution < 1.29 is 27.4 Å². The second kappa shape index (κ2) is 8.31. The van der Waals surface area contributed by atoms with Gasteiger partial charge in [-0.1, -0.05) is 36.4 Å². The lowest BCUT2D eigenvalue weighted by atomic mass is 10.1. The summed E-state index contributed by atoms with van der Waals surface area (Å²) >= 11 is 0. The molecule has 0 aliphatic heterocycles. The first kappa shape index (κ1) is 19.7. The Morgan fingerprint density at radius 2 is 1.89 bits per heavy atom. The highest BCUT2D eigenvalue weighted by molar-refractivity contribution is 5.55. The summed E-state index contributed by atoms with van der Waals surface area (Å²) in [6, 6.07) is 12.9. The van der Waals surface area contributed by atoms with E-state index in [-0.39, 0.29) is 19.0 Å². The molecule has 146 valence electrons. The third-order valence-electron chi connectivity index (χ3n) is 4.00. The maximum Gasteiger partial charge on any atom is 0.419 e. The molecule has 3 aromatic rings. The fourth-order valence-electron chi connectivity index (χ4n) is 2.60. The van der Waals surface area contributed by atoms with Crippen LogP contribution >= 0.6 is 0 Å². The third-order valence-corrected chi connectivity index (χ3v) is 4.00. The summed E-state index contributed by atoms with van der Waals surface area (Å²) in [4.78, 5) is 4.33. The Bertz CT molecular complexity index is 963. The highest BCUT2D eigenvalue weighted by Gasteiger charge is 2.34. The molecule has 0 radical (unpaired) electrons. The average molecular weight is 389 g/mol. The van der Waals surface area contributed by atoms with Crippen LogP contribution in [0.2, 0.25) is 0 Å². The number of alkyl halides is 3. The molecule has 0 bridgehead atoms. The smallest absolute Gasteiger partial charge is 0.419 e. The van der Waals surface area contributed by atoms with Crippen molar-refractivity contribution in [3.63, 3.8) is 0 Å². The van der Waals surface area contributed by atoms with Gasteiger partial charge in [0.2, 0.25) is 5.89 Å². The Labute approximate surface area is 159 Å². The third kappa shape index (κ3) is 4.61. The van der Waals surface area contributed by atoms with Crippen LogP contribution in [-0.2, 0) is 12.8 Å². The van der Waals surface area contributed by atoms with Gasteiger partial charge < -0.3 is 14.3 Å². The number of aliphatic hydroxyl groups is 1. The first-order chi connectivity index (χ1) is 13.4. The van der Waals surface area contributed by atoms with Crippen LogP contribution in [0.4, 0.5) is 13.2 Å². The summed E-state index contributed by atoms with van der Waals surface area (Å²) in [6.07, 6.45) is -1.81. The summed E-state index contributed by atoms with van der Waals surface area (Å²) < 4.78 is 51.2. The fraction of sp³-hybridized carbons (Fsp3) is 0.190. The Morgan fingerprint density at radius 3 is 2.57 bits per heavy atom. The van der Waals surface area contributed by atoms with E-state index < -0.39 is 11.7 Å². The van der Waals surface area contributed by atoms with Crippen LogP contribution in [0.1, 0.15) is 22.6 Å². The average Bonchev–Trinajstić information content (AvgIpc) is 3.05. The van der Waals surface area contributed by atoms with Gasteiger partial charge in [0, 0.05) is 5.56 Å². The Balaban J connectivity index is 1.83. The summed E-state index contributed by atoms with van der Waals surface area (Å²) in [6.45, 7) is 1.28. The molecule has 1 aromatic heterocycles. The molecule has 0 saturated carbocycles. The molecular weight excluding hydrogens is 371 g/mol. The van der Waals surface area contributed by atoms with Gasteiger partial charge in [-0.25, -0.2) is 4.98 Å². The molecule has 4 nitrogen and oxygen atoms in total. The zero-order valence-corrected chi connectivity index (χ0v) is 15.0. The van der Waals surface area contributed by atoms with Gasteiger partial charge in [0.1, 0.15) is 23.8 Å². The van der Waals surface area contributed by atoms with E-state index in [1.807, 2.05) is 30.3 Å². The predicted molar refractivity (Wildman–Crippen MR) is 98.6 cm³/mol. The molecule has 7 heteroatoms. The van der Waals surface area contributed by atoms with Gasteiger partial charge in [-0.15, -0.1) is 0 Å². The number of aliphatic hydroxyl groups excluding tert-OH is 1. The molecule has 0 spiro atoms. The molecule has 28 heavy (non-hydrogen) atoms. The lowest BCUT2D eigenvalue weighted by molar-refractivity contribution is -0.139. The summed E-state index contributed by atoms with van der Waals surface area (Å²) in [5.74, 6) is 0.574. The van der Waals surface area contributed by atoms with E-state index in [1.54, 1.807) is 6.92 Å². The van der Waals surface area contributed by atoms with Crippen LogP contribution in [0, 0.1) is 6.92 Å². The number of benzene rings is 2. The first-order valence-electron chi connectivity index (χ1n) is 8.51. The van der Waals surface area contributed by atoms with Crippen LogP contribution < -0.4 is 4.74 Å². The van der Waals surface area contributed by atoms with Crippen molar-refractivity contribution in [2.75, 3.05) is 6.61 Å². The molecule has 0 amide bonds. The molecule has 0 atom stereocenters. The number of ether oxygens (including phenoxy) is 1. The number of rotatable bonds is 6. The van der Waals surface area contributed by atoms with Gasteiger partial charge in [-0.05, 0) is 36.8 Å². The monoisotopic (exact) mass is 389 g/mol. The van der Waals surface area contributed by atoms with Gasteiger partial charge >= 0.3 is 6.18 Å². The minimum atomic E-state index is -4.58.